The van der Waals surface area contributed by atoms with Crippen LogP contribution in [0.1, 0.15) is 10.5 Å². The zero-order valence-electron chi connectivity index (χ0n) is 9.49. The van der Waals surface area contributed by atoms with E-state index in [-0.39, 0.29) is 26.4 Å². The summed E-state index contributed by atoms with van der Waals surface area (Å²) in [5.74, 6) is -1.34. The quantitative estimate of drug-likeness (QED) is 0.826. The molecule has 0 unspecified atom stereocenters. The topological polar surface area (TPSA) is 87.6 Å². The molecule has 0 aliphatic carbocycles. The van der Waals surface area contributed by atoms with E-state index in [0.717, 1.165) is 15.6 Å². The predicted octanol–water partition coefficient (Wildman–Crippen LogP) is 2.81. The van der Waals surface area contributed by atoms with Gasteiger partial charge in [-0.3, -0.25) is 0 Å². The molecule has 0 radical (unpaired) electrons. The third-order valence-corrected chi connectivity index (χ3v) is 4.54. The highest BCUT2D eigenvalue weighted by Crippen LogP contribution is 2.40. The van der Waals surface area contributed by atoms with Crippen LogP contribution < -0.4 is 4.31 Å². The lowest BCUT2D eigenvalue weighted by atomic mass is 10.3. The van der Waals surface area contributed by atoms with E-state index in [1.807, 2.05) is 0 Å². The highest BCUT2D eigenvalue weighted by Gasteiger charge is 2.26. The first kappa shape index (κ1) is 15.0. The number of thiol groups is 1. The molecule has 0 saturated carbocycles. The van der Waals surface area contributed by atoms with Gasteiger partial charge in [-0.05, 0) is 12.1 Å². The Hall–Kier alpha value is -1.35. The monoisotopic (exact) mass is 352 g/mol. The first-order chi connectivity index (χ1) is 9.43. The van der Waals surface area contributed by atoms with Crippen LogP contribution in [0.3, 0.4) is 0 Å². The molecule has 0 spiro atoms. The van der Waals surface area contributed by atoms with E-state index < -0.39 is 16.9 Å². The molecule has 0 atom stereocenters. The number of hydrogen-bond acceptors (Lipinski definition) is 5. The Balaban J connectivity index is 2.70. The average Bonchev–Trinajstić information content (AvgIpc) is 2.82. The Morgan fingerprint density at radius 1 is 1.30 bits per heavy atom. The molecule has 0 aliphatic rings. The van der Waals surface area contributed by atoms with Crippen molar-refractivity contribution in [2.75, 3.05) is 4.31 Å². The Morgan fingerprint density at radius 2 is 1.90 bits per heavy atom. The summed E-state index contributed by atoms with van der Waals surface area (Å²) >= 11 is 12.8. The molecule has 0 fully saturated rings. The Kier molecular flexibility index (Phi) is 4.48. The Morgan fingerprint density at radius 3 is 2.40 bits per heavy atom. The van der Waals surface area contributed by atoms with Crippen LogP contribution >= 0.6 is 34.5 Å². The van der Waals surface area contributed by atoms with Crippen molar-refractivity contribution in [1.29, 1.82) is 0 Å². The summed E-state index contributed by atoms with van der Waals surface area (Å²) in [4.78, 5) is 14.7. The summed E-state index contributed by atoms with van der Waals surface area (Å²) in [6.45, 7) is 0. The number of carboxylic acid groups (broad SMARTS) is 1. The van der Waals surface area contributed by atoms with E-state index >= 15 is 0 Å². The lowest BCUT2D eigenvalue weighted by Crippen LogP contribution is -2.17. The molecule has 1 aromatic carbocycles. The fraction of sp³-hybridized carbons (Fsp3) is 0. The van der Waals surface area contributed by atoms with Gasteiger partial charge in [0.25, 0.3) is 0 Å². The number of halogens is 2. The molecule has 1 heterocycles. The number of aromatic nitrogens is 1. The number of benzene rings is 1. The molecule has 106 valence electrons. The minimum atomic E-state index is -3.19. The van der Waals surface area contributed by atoms with E-state index in [1.165, 1.54) is 17.6 Å². The maximum Gasteiger partial charge on any atom is 0.357 e. The van der Waals surface area contributed by atoms with Crippen LogP contribution in [0.5, 0.6) is 0 Å². The summed E-state index contributed by atoms with van der Waals surface area (Å²) in [5.41, 5.74) is 0.846. The van der Waals surface area contributed by atoms with Crippen LogP contribution in [0.2, 0.25) is 10.0 Å². The second-order valence-electron chi connectivity index (χ2n) is 3.43. The fourth-order valence-electron chi connectivity index (χ4n) is 1.49. The molecule has 2 rings (SSSR count). The lowest BCUT2D eigenvalue weighted by Gasteiger charge is -2.18. The van der Waals surface area contributed by atoms with Crippen LogP contribution in [0.4, 0.5) is 10.7 Å². The predicted molar refractivity (Wildman–Crippen MR) is 78.0 cm³/mol. The maximum absolute atomic E-state index is 11.5. The van der Waals surface area contributed by atoms with Gasteiger partial charge in [-0.2, -0.15) is 0 Å². The number of thiazole rings is 1. The van der Waals surface area contributed by atoms with Gasteiger partial charge in [-0.15, -0.1) is 11.3 Å². The zero-order chi connectivity index (χ0) is 14.9. The van der Waals surface area contributed by atoms with Gasteiger partial charge in [0.2, 0.25) is 10.9 Å². The highest BCUT2D eigenvalue weighted by atomic mass is 35.5. The largest absolute Gasteiger partial charge is 0.476 e. The molecule has 2 aromatic rings. The van der Waals surface area contributed by atoms with Crippen LogP contribution in [-0.2, 0) is 10.9 Å². The molecular weight excluding hydrogens is 347 g/mol. The molecule has 0 saturated heterocycles. The van der Waals surface area contributed by atoms with Gasteiger partial charge in [0.05, 0.1) is 21.2 Å². The third-order valence-electron chi connectivity index (χ3n) is 2.26. The van der Waals surface area contributed by atoms with Crippen LogP contribution in [0, 0.1) is 0 Å². The molecule has 0 bridgehead atoms. The van der Waals surface area contributed by atoms with Crippen LogP contribution in [0.25, 0.3) is 0 Å². The summed E-state index contributed by atoms with van der Waals surface area (Å²) < 4.78 is 23.8. The second kappa shape index (κ2) is 5.96. The van der Waals surface area contributed by atoms with Gasteiger partial charge in [-0.25, -0.2) is 22.5 Å². The molecule has 10 heteroatoms. The maximum atomic E-state index is 11.5. The van der Waals surface area contributed by atoms with Crippen molar-refractivity contribution in [2.24, 2.45) is 0 Å². The minimum Gasteiger partial charge on any atom is -0.476 e. The first-order valence-corrected chi connectivity index (χ1v) is 7.75. The average molecular weight is 353 g/mol. The van der Waals surface area contributed by atoms with Crippen molar-refractivity contribution in [3.63, 3.8) is 0 Å². The normalized spacial score (nSPS) is 10.8. The van der Waals surface area contributed by atoms with Crippen molar-refractivity contribution >= 4 is 62.1 Å². The molecular formula is C10H6Cl2N2O4S2. The SMILES string of the molecule is O=C(O)c1ncsc1N(c1c(Cl)cccc1Cl)[SH](=O)=O. The van der Waals surface area contributed by atoms with Gasteiger partial charge in [0.15, 0.2) is 5.69 Å². The van der Waals surface area contributed by atoms with E-state index in [1.54, 1.807) is 6.07 Å². The number of nitrogens with zero attached hydrogens (tertiary/aromatic N) is 2. The van der Waals surface area contributed by atoms with Crippen LogP contribution in [0.15, 0.2) is 23.7 Å². The standard InChI is InChI=1S/C10H6Cl2N2O4S2/c11-5-2-1-3-6(12)8(5)14(20(17)18)9-7(10(15)16)13-4-19-9/h1-4,20H,(H,15,16). The van der Waals surface area contributed by atoms with E-state index in [0.29, 0.717) is 0 Å². The Bertz CT molecular complexity index is 716. The lowest BCUT2D eigenvalue weighted by molar-refractivity contribution is 0.0692. The molecule has 0 amide bonds. The molecule has 1 N–H and O–H groups in total. The smallest absolute Gasteiger partial charge is 0.357 e. The number of carbonyl (C=O) groups is 1. The van der Waals surface area contributed by atoms with Crippen molar-refractivity contribution in [1.82, 2.24) is 4.98 Å². The van der Waals surface area contributed by atoms with Crippen molar-refractivity contribution in [3.8, 4) is 0 Å². The van der Waals surface area contributed by atoms with Crippen LogP contribution in [-0.4, -0.2) is 24.5 Å². The van der Waals surface area contributed by atoms with Crippen molar-refractivity contribution in [3.05, 3.63) is 39.4 Å². The number of para-hydroxylation sites is 1. The third kappa shape index (κ3) is 2.73. The number of aromatic carboxylic acids is 1. The summed E-state index contributed by atoms with van der Waals surface area (Å²) in [6.07, 6.45) is 0. The molecule has 20 heavy (non-hydrogen) atoms. The van der Waals surface area contributed by atoms with Gasteiger partial charge < -0.3 is 5.11 Å². The van der Waals surface area contributed by atoms with Gasteiger partial charge in [0.1, 0.15) is 5.00 Å². The molecule has 6 nitrogen and oxygen atoms in total. The van der Waals surface area contributed by atoms with Gasteiger partial charge in [-0.1, -0.05) is 29.3 Å². The van der Waals surface area contributed by atoms with Crippen molar-refractivity contribution in [2.45, 2.75) is 0 Å². The molecule has 1 aromatic heterocycles. The Labute approximate surface area is 129 Å². The number of anilines is 2. The summed E-state index contributed by atoms with van der Waals surface area (Å²) in [7, 11) is -3.19. The van der Waals surface area contributed by atoms with E-state index in [4.69, 9.17) is 28.3 Å². The van der Waals surface area contributed by atoms with Gasteiger partial charge >= 0.3 is 5.97 Å². The molecule has 0 aliphatic heterocycles. The van der Waals surface area contributed by atoms with E-state index in [2.05, 4.69) is 4.98 Å². The minimum absolute atomic E-state index is 0.00121. The summed E-state index contributed by atoms with van der Waals surface area (Å²) in [6, 6.07) is 4.46. The second-order valence-corrected chi connectivity index (χ2v) is 5.95. The van der Waals surface area contributed by atoms with E-state index in [9.17, 15) is 13.2 Å². The first-order valence-electron chi connectivity index (χ1n) is 4.98. The highest BCUT2D eigenvalue weighted by molar-refractivity contribution is 7.74. The fourth-order valence-corrected chi connectivity index (χ4v) is 3.83. The van der Waals surface area contributed by atoms with Gasteiger partial charge in [0, 0.05) is 0 Å². The number of rotatable bonds is 4. The van der Waals surface area contributed by atoms with Crippen molar-refractivity contribution < 1.29 is 18.3 Å². The summed E-state index contributed by atoms with van der Waals surface area (Å²) in [5, 5.41) is 9.11. The number of carboxylic acids is 1. The zero-order valence-corrected chi connectivity index (χ0v) is 12.7. The number of hydrogen-bond donors (Lipinski definition) is 2.